The highest BCUT2D eigenvalue weighted by atomic mass is 35.5. The van der Waals surface area contributed by atoms with Gasteiger partial charge in [-0.25, -0.2) is 0 Å². The molecule has 138 valence electrons. The van der Waals surface area contributed by atoms with E-state index in [-0.39, 0.29) is 17.1 Å². The molecule has 2 aliphatic rings. The summed E-state index contributed by atoms with van der Waals surface area (Å²) in [5.74, 6) is 0.751. The van der Waals surface area contributed by atoms with Crippen LogP contribution in [-0.2, 0) is 4.79 Å². The van der Waals surface area contributed by atoms with E-state index in [9.17, 15) is 4.79 Å². The van der Waals surface area contributed by atoms with Crippen molar-refractivity contribution in [3.8, 4) is 0 Å². The first kappa shape index (κ1) is 17.9. The summed E-state index contributed by atoms with van der Waals surface area (Å²) in [6.07, 6.45) is 3.35. The number of carbonyl (C=O) groups is 1. The first-order valence-corrected chi connectivity index (χ1v) is 9.58. The normalized spacial score (nSPS) is 21.7. The van der Waals surface area contributed by atoms with Crippen molar-refractivity contribution >= 4 is 23.1 Å². The third kappa shape index (κ3) is 3.28. The summed E-state index contributed by atoms with van der Waals surface area (Å²) in [5, 5.41) is 0.676. The molecule has 1 unspecified atom stereocenters. The van der Waals surface area contributed by atoms with Crippen LogP contribution in [0.5, 0.6) is 0 Å². The van der Waals surface area contributed by atoms with Gasteiger partial charge >= 0.3 is 0 Å². The van der Waals surface area contributed by atoms with Crippen molar-refractivity contribution < 1.29 is 4.79 Å². The lowest BCUT2D eigenvalue weighted by molar-refractivity contribution is -0.118. The molecule has 0 fully saturated rings. The molecular weight excluding hydrogens is 356 g/mol. The molecule has 3 nitrogen and oxygen atoms in total. The fourth-order valence-corrected chi connectivity index (χ4v) is 4.28. The number of Topliss-reactive ketones (excluding diaryl/α,β-unsaturated/α-hetero) is 1. The molecule has 0 aromatic heterocycles. The number of anilines is 1. The lowest BCUT2D eigenvalue weighted by Crippen LogP contribution is -2.40. The SMILES string of the molecule is CC1(C)CC(=O)C2=C(C1)N(c1ccc(Cl)cc1)C(N)=CC2c1ccccc1. The van der Waals surface area contributed by atoms with Gasteiger partial charge in [0.1, 0.15) is 5.82 Å². The van der Waals surface area contributed by atoms with E-state index < -0.39 is 0 Å². The van der Waals surface area contributed by atoms with E-state index in [0.717, 1.165) is 28.9 Å². The molecule has 1 aliphatic carbocycles. The molecule has 1 heterocycles. The molecule has 2 N–H and O–H groups in total. The van der Waals surface area contributed by atoms with Crippen LogP contribution >= 0.6 is 11.6 Å². The molecule has 0 spiro atoms. The summed E-state index contributed by atoms with van der Waals surface area (Å²) >= 11 is 6.07. The van der Waals surface area contributed by atoms with Crippen LogP contribution in [0.4, 0.5) is 5.69 Å². The fraction of sp³-hybridized carbons (Fsp3) is 0.261. The van der Waals surface area contributed by atoms with E-state index in [1.807, 2.05) is 53.4 Å². The van der Waals surface area contributed by atoms with Crippen LogP contribution in [0.1, 0.15) is 38.2 Å². The number of halogens is 1. The second-order valence-corrected chi connectivity index (χ2v) is 8.53. The highest BCUT2D eigenvalue weighted by Crippen LogP contribution is 2.47. The van der Waals surface area contributed by atoms with Gasteiger partial charge in [0.15, 0.2) is 5.78 Å². The molecule has 4 heteroatoms. The Balaban J connectivity index is 1.89. The maximum absolute atomic E-state index is 13.2. The number of hydrogen-bond acceptors (Lipinski definition) is 3. The van der Waals surface area contributed by atoms with Crippen molar-refractivity contribution in [2.75, 3.05) is 4.90 Å². The van der Waals surface area contributed by atoms with E-state index in [2.05, 4.69) is 26.0 Å². The Hall–Kier alpha value is -2.52. The molecular formula is C23H23ClN2O. The summed E-state index contributed by atoms with van der Waals surface area (Å²) < 4.78 is 0. The molecule has 4 rings (SSSR count). The molecule has 0 saturated carbocycles. The van der Waals surface area contributed by atoms with Crippen LogP contribution in [0.2, 0.25) is 5.02 Å². The van der Waals surface area contributed by atoms with Crippen molar-refractivity contribution in [3.63, 3.8) is 0 Å². The van der Waals surface area contributed by atoms with Crippen molar-refractivity contribution in [2.45, 2.75) is 32.6 Å². The topological polar surface area (TPSA) is 46.3 Å². The Morgan fingerprint density at radius 2 is 1.70 bits per heavy atom. The van der Waals surface area contributed by atoms with Crippen molar-refractivity contribution in [1.82, 2.24) is 0 Å². The monoisotopic (exact) mass is 378 g/mol. The predicted molar refractivity (Wildman–Crippen MR) is 110 cm³/mol. The first-order chi connectivity index (χ1) is 12.9. The second kappa shape index (κ2) is 6.58. The van der Waals surface area contributed by atoms with E-state index in [1.165, 1.54) is 0 Å². The van der Waals surface area contributed by atoms with Crippen molar-refractivity contribution in [1.29, 1.82) is 0 Å². The Morgan fingerprint density at radius 3 is 2.37 bits per heavy atom. The second-order valence-electron chi connectivity index (χ2n) is 8.09. The van der Waals surface area contributed by atoms with E-state index in [1.54, 1.807) is 0 Å². The number of ketones is 1. The minimum atomic E-state index is -0.103. The zero-order valence-corrected chi connectivity index (χ0v) is 16.3. The molecule has 0 radical (unpaired) electrons. The van der Waals surface area contributed by atoms with Gasteiger partial charge < -0.3 is 10.6 Å². The third-order valence-electron chi connectivity index (χ3n) is 5.32. The van der Waals surface area contributed by atoms with Crippen molar-refractivity contribution in [2.24, 2.45) is 11.1 Å². The zero-order chi connectivity index (χ0) is 19.2. The van der Waals surface area contributed by atoms with Gasteiger partial charge in [0, 0.05) is 34.3 Å². The molecule has 0 bridgehead atoms. The summed E-state index contributed by atoms with van der Waals surface area (Å²) in [4.78, 5) is 15.2. The number of rotatable bonds is 2. The first-order valence-electron chi connectivity index (χ1n) is 9.20. The lowest BCUT2D eigenvalue weighted by atomic mass is 9.70. The molecule has 0 amide bonds. The van der Waals surface area contributed by atoms with Gasteiger partial charge in [0.05, 0.1) is 0 Å². The van der Waals surface area contributed by atoms with Gasteiger partial charge in [-0.2, -0.15) is 0 Å². The Morgan fingerprint density at radius 1 is 1.04 bits per heavy atom. The minimum Gasteiger partial charge on any atom is -0.385 e. The average molecular weight is 379 g/mol. The Bertz CT molecular complexity index is 942. The summed E-state index contributed by atoms with van der Waals surface area (Å²) in [6.45, 7) is 4.28. The van der Waals surface area contributed by atoms with Gasteiger partial charge in [-0.3, -0.25) is 4.79 Å². The molecule has 2 aromatic carbocycles. The maximum Gasteiger partial charge on any atom is 0.162 e. The number of allylic oxidation sites excluding steroid dienone is 3. The molecule has 2 aromatic rings. The molecule has 27 heavy (non-hydrogen) atoms. The van der Waals surface area contributed by atoms with Crippen LogP contribution < -0.4 is 10.6 Å². The fourth-order valence-electron chi connectivity index (χ4n) is 4.16. The Labute approximate surface area is 165 Å². The highest BCUT2D eigenvalue weighted by Gasteiger charge is 2.41. The van der Waals surface area contributed by atoms with E-state index in [4.69, 9.17) is 17.3 Å². The number of hydrogen-bond donors (Lipinski definition) is 1. The van der Waals surface area contributed by atoms with Crippen LogP contribution in [0, 0.1) is 5.41 Å². The number of nitrogens with two attached hydrogens (primary N) is 1. The van der Waals surface area contributed by atoms with Gasteiger partial charge in [-0.05, 0) is 47.7 Å². The standard InChI is InChI=1S/C23H23ClN2O/c1-23(2)13-19-22(20(27)14-23)18(15-6-4-3-5-7-15)12-21(25)26(19)17-10-8-16(24)9-11-17/h3-12,18H,13-14,25H2,1-2H3. The maximum atomic E-state index is 13.2. The van der Waals surface area contributed by atoms with Gasteiger partial charge in [-0.15, -0.1) is 0 Å². The van der Waals surface area contributed by atoms with Crippen molar-refractivity contribution in [3.05, 3.63) is 88.4 Å². The zero-order valence-electron chi connectivity index (χ0n) is 15.6. The van der Waals surface area contributed by atoms with Gasteiger partial charge in [0.2, 0.25) is 0 Å². The Kier molecular flexibility index (Phi) is 4.35. The number of carbonyl (C=O) groups excluding carboxylic acids is 1. The van der Waals surface area contributed by atoms with Crippen LogP contribution in [0.15, 0.2) is 77.8 Å². The van der Waals surface area contributed by atoms with E-state index in [0.29, 0.717) is 17.3 Å². The predicted octanol–water partition coefficient (Wildman–Crippen LogP) is 5.39. The number of benzene rings is 2. The molecule has 1 atom stereocenters. The molecule has 0 saturated heterocycles. The number of nitrogens with zero attached hydrogens (tertiary/aromatic N) is 1. The highest BCUT2D eigenvalue weighted by molar-refractivity contribution is 6.30. The minimum absolute atomic E-state index is 0.0978. The quantitative estimate of drug-likeness (QED) is 0.762. The van der Waals surface area contributed by atoms with Crippen LogP contribution in [-0.4, -0.2) is 5.78 Å². The average Bonchev–Trinajstić information content (AvgIpc) is 2.62. The lowest BCUT2D eigenvalue weighted by Gasteiger charge is -2.42. The van der Waals surface area contributed by atoms with Crippen LogP contribution in [0.25, 0.3) is 0 Å². The molecule has 1 aliphatic heterocycles. The summed E-state index contributed by atoms with van der Waals surface area (Å²) in [6, 6.07) is 17.7. The van der Waals surface area contributed by atoms with E-state index >= 15 is 0 Å². The third-order valence-corrected chi connectivity index (χ3v) is 5.57. The largest absolute Gasteiger partial charge is 0.385 e. The van der Waals surface area contributed by atoms with Gasteiger partial charge in [0.25, 0.3) is 0 Å². The summed E-state index contributed by atoms with van der Waals surface area (Å²) in [7, 11) is 0. The summed E-state index contributed by atoms with van der Waals surface area (Å²) in [5.41, 5.74) is 10.3. The van der Waals surface area contributed by atoms with Crippen LogP contribution in [0.3, 0.4) is 0 Å². The van der Waals surface area contributed by atoms with Gasteiger partial charge in [-0.1, -0.05) is 55.8 Å². The smallest absolute Gasteiger partial charge is 0.162 e.